The van der Waals surface area contributed by atoms with E-state index in [2.05, 4.69) is 13.8 Å². The summed E-state index contributed by atoms with van der Waals surface area (Å²) in [5.74, 6) is 0. The molecule has 0 aliphatic rings. The normalized spacial score (nSPS) is 12.8. The highest BCUT2D eigenvalue weighted by Crippen LogP contribution is 2.15. The molecule has 0 saturated carbocycles. The van der Waals surface area contributed by atoms with Gasteiger partial charge in [-0.05, 0) is 27.2 Å². The highest BCUT2D eigenvalue weighted by molar-refractivity contribution is 4.56. The van der Waals surface area contributed by atoms with Crippen molar-refractivity contribution < 1.29 is 9.68 Å². The standard InChI is InChI=1S/C23H49NO2/c1-5-8-9-10-11-12-13-14-15-16-17-18-19-20-21-22-23(4)24(25-6-2)26-7-3/h23H,5-22H2,1-4H3. The number of unbranched alkanes of at least 4 members (excludes halogenated alkanes) is 14. The summed E-state index contributed by atoms with van der Waals surface area (Å²) in [6.45, 7) is 9.83. The van der Waals surface area contributed by atoms with Crippen LogP contribution >= 0.6 is 0 Å². The molecule has 0 aromatic heterocycles. The van der Waals surface area contributed by atoms with Gasteiger partial charge in [-0.15, -0.1) is 0 Å². The minimum atomic E-state index is 0.344. The third kappa shape index (κ3) is 17.3. The van der Waals surface area contributed by atoms with E-state index >= 15 is 0 Å². The predicted molar refractivity (Wildman–Crippen MR) is 114 cm³/mol. The van der Waals surface area contributed by atoms with Gasteiger partial charge < -0.3 is 0 Å². The molecule has 0 aliphatic heterocycles. The van der Waals surface area contributed by atoms with Crippen LogP contribution in [0.15, 0.2) is 0 Å². The van der Waals surface area contributed by atoms with E-state index in [-0.39, 0.29) is 0 Å². The lowest BCUT2D eigenvalue weighted by molar-refractivity contribution is -0.383. The maximum absolute atomic E-state index is 5.53. The first-order chi connectivity index (χ1) is 12.8. The van der Waals surface area contributed by atoms with Crippen LogP contribution in [0.3, 0.4) is 0 Å². The van der Waals surface area contributed by atoms with Crippen molar-refractivity contribution >= 4 is 0 Å². The monoisotopic (exact) mass is 371 g/mol. The Labute approximate surface area is 165 Å². The first-order valence-electron chi connectivity index (χ1n) is 11.8. The second-order valence-corrected chi connectivity index (χ2v) is 7.71. The molecule has 158 valence electrons. The molecule has 0 fully saturated rings. The molecule has 0 saturated heterocycles. The van der Waals surface area contributed by atoms with Gasteiger partial charge in [-0.2, -0.15) is 0 Å². The van der Waals surface area contributed by atoms with Crippen molar-refractivity contribution in [3.8, 4) is 0 Å². The number of rotatable bonds is 21. The molecule has 1 unspecified atom stereocenters. The van der Waals surface area contributed by atoms with Crippen LogP contribution in [-0.2, 0) is 9.68 Å². The van der Waals surface area contributed by atoms with E-state index in [0.29, 0.717) is 19.3 Å². The van der Waals surface area contributed by atoms with Crippen molar-refractivity contribution in [2.75, 3.05) is 13.2 Å². The number of nitrogens with zero attached hydrogens (tertiary/aromatic N) is 1. The van der Waals surface area contributed by atoms with Crippen molar-refractivity contribution in [2.24, 2.45) is 0 Å². The molecule has 0 rings (SSSR count). The Bertz CT molecular complexity index is 255. The van der Waals surface area contributed by atoms with Crippen LogP contribution in [0.4, 0.5) is 0 Å². The van der Waals surface area contributed by atoms with Gasteiger partial charge in [0.1, 0.15) is 0 Å². The molecule has 26 heavy (non-hydrogen) atoms. The lowest BCUT2D eigenvalue weighted by Crippen LogP contribution is -2.33. The molecular formula is C23H49NO2. The number of hydrogen-bond acceptors (Lipinski definition) is 3. The van der Waals surface area contributed by atoms with Gasteiger partial charge in [-0.1, -0.05) is 108 Å². The van der Waals surface area contributed by atoms with E-state index in [1.807, 2.05) is 13.8 Å². The lowest BCUT2D eigenvalue weighted by atomic mass is 10.0. The van der Waals surface area contributed by atoms with E-state index in [0.717, 1.165) is 6.42 Å². The SMILES string of the molecule is CCCCCCCCCCCCCCCCCC(C)N(OCC)OCC. The number of hydroxylamine groups is 2. The first kappa shape index (κ1) is 25.9. The molecule has 0 aromatic carbocycles. The lowest BCUT2D eigenvalue weighted by Gasteiger charge is -2.25. The second kappa shape index (κ2) is 21.2. The van der Waals surface area contributed by atoms with Crippen LogP contribution in [-0.4, -0.2) is 24.5 Å². The van der Waals surface area contributed by atoms with Gasteiger partial charge >= 0.3 is 0 Å². The first-order valence-corrected chi connectivity index (χ1v) is 11.8. The average molecular weight is 372 g/mol. The minimum absolute atomic E-state index is 0.344. The molecule has 3 heteroatoms. The van der Waals surface area contributed by atoms with Crippen LogP contribution in [0.2, 0.25) is 0 Å². The van der Waals surface area contributed by atoms with Crippen LogP contribution in [0, 0.1) is 0 Å². The topological polar surface area (TPSA) is 21.7 Å². The zero-order valence-corrected chi connectivity index (χ0v) is 18.6. The number of hydrogen-bond donors (Lipinski definition) is 0. The van der Waals surface area contributed by atoms with Crippen LogP contribution < -0.4 is 0 Å². The molecule has 0 N–H and O–H groups in total. The summed E-state index contributed by atoms with van der Waals surface area (Å²) in [4.78, 5) is 11.1. The van der Waals surface area contributed by atoms with E-state index in [1.54, 1.807) is 5.23 Å². The van der Waals surface area contributed by atoms with Gasteiger partial charge in [-0.3, -0.25) is 9.68 Å². The molecule has 0 radical (unpaired) electrons. The summed E-state index contributed by atoms with van der Waals surface area (Å²) in [6, 6.07) is 0.344. The van der Waals surface area contributed by atoms with Crippen molar-refractivity contribution in [3.05, 3.63) is 0 Å². The maximum Gasteiger partial charge on any atom is 0.0683 e. The van der Waals surface area contributed by atoms with E-state index in [9.17, 15) is 0 Å². The summed E-state index contributed by atoms with van der Waals surface area (Å²) in [6.07, 6.45) is 22.4. The summed E-state index contributed by atoms with van der Waals surface area (Å²) in [5.41, 5.74) is 0. The van der Waals surface area contributed by atoms with Gasteiger partial charge in [-0.25, -0.2) is 0 Å². The zero-order valence-electron chi connectivity index (χ0n) is 18.6. The van der Waals surface area contributed by atoms with Gasteiger partial charge in [0.2, 0.25) is 0 Å². The summed E-state index contributed by atoms with van der Waals surface area (Å²) in [7, 11) is 0. The van der Waals surface area contributed by atoms with Crippen molar-refractivity contribution in [2.45, 2.75) is 136 Å². The average Bonchev–Trinajstić information content (AvgIpc) is 2.64. The van der Waals surface area contributed by atoms with E-state index in [1.165, 1.54) is 96.3 Å². The largest absolute Gasteiger partial charge is 0.274 e. The molecule has 0 amide bonds. The molecule has 0 bridgehead atoms. The highest BCUT2D eigenvalue weighted by atomic mass is 16.9. The molecule has 0 heterocycles. The smallest absolute Gasteiger partial charge is 0.0683 e. The Balaban J connectivity index is 3.28. The van der Waals surface area contributed by atoms with Crippen molar-refractivity contribution in [3.63, 3.8) is 0 Å². The molecule has 0 aliphatic carbocycles. The van der Waals surface area contributed by atoms with Crippen LogP contribution in [0.5, 0.6) is 0 Å². The fourth-order valence-electron chi connectivity index (χ4n) is 3.46. The van der Waals surface area contributed by atoms with Gasteiger partial charge in [0.05, 0.1) is 19.3 Å². The van der Waals surface area contributed by atoms with Gasteiger partial charge in [0, 0.05) is 0 Å². The third-order valence-electron chi connectivity index (χ3n) is 5.10. The molecule has 1 atom stereocenters. The Morgan fingerprint density at radius 3 is 1.23 bits per heavy atom. The maximum atomic E-state index is 5.53. The molecular weight excluding hydrogens is 322 g/mol. The fraction of sp³-hybridized carbons (Fsp3) is 1.00. The van der Waals surface area contributed by atoms with E-state index in [4.69, 9.17) is 9.68 Å². The third-order valence-corrected chi connectivity index (χ3v) is 5.10. The van der Waals surface area contributed by atoms with Crippen LogP contribution in [0.1, 0.15) is 130 Å². The Morgan fingerprint density at radius 1 is 0.538 bits per heavy atom. The zero-order chi connectivity index (χ0) is 19.3. The van der Waals surface area contributed by atoms with Gasteiger partial charge in [0.25, 0.3) is 0 Å². The predicted octanol–water partition coefficient (Wildman–Crippen LogP) is 7.84. The summed E-state index contributed by atoms with van der Waals surface area (Å²) in [5, 5.41) is 1.70. The van der Waals surface area contributed by atoms with Crippen molar-refractivity contribution in [1.29, 1.82) is 0 Å². The quantitative estimate of drug-likeness (QED) is 0.151. The summed E-state index contributed by atoms with van der Waals surface area (Å²) < 4.78 is 0. The Kier molecular flexibility index (Phi) is 21.1. The second-order valence-electron chi connectivity index (χ2n) is 7.71. The molecule has 0 aromatic rings. The molecule has 0 spiro atoms. The van der Waals surface area contributed by atoms with Crippen LogP contribution in [0.25, 0.3) is 0 Å². The Hall–Kier alpha value is -0.120. The van der Waals surface area contributed by atoms with Gasteiger partial charge in [0.15, 0.2) is 0 Å². The fourth-order valence-corrected chi connectivity index (χ4v) is 3.46. The Morgan fingerprint density at radius 2 is 0.885 bits per heavy atom. The van der Waals surface area contributed by atoms with Crippen molar-refractivity contribution in [1.82, 2.24) is 5.23 Å². The highest BCUT2D eigenvalue weighted by Gasteiger charge is 2.14. The van der Waals surface area contributed by atoms with E-state index < -0.39 is 0 Å². The summed E-state index contributed by atoms with van der Waals surface area (Å²) >= 11 is 0. The molecule has 3 nitrogen and oxygen atoms in total. The minimum Gasteiger partial charge on any atom is -0.274 e.